The third-order valence-electron chi connectivity index (χ3n) is 3.01. The van der Waals surface area contributed by atoms with Gasteiger partial charge in [0.1, 0.15) is 5.60 Å². The molecule has 0 atom stereocenters. The van der Waals surface area contributed by atoms with Crippen LogP contribution in [0, 0.1) is 0 Å². The normalized spacial score (nSPS) is 18.0. The molecule has 0 amide bonds. The highest BCUT2D eigenvalue weighted by atomic mass is 35.5. The molecule has 17 heavy (non-hydrogen) atoms. The van der Waals surface area contributed by atoms with Crippen molar-refractivity contribution in [3.63, 3.8) is 0 Å². The lowest BCUT2D eigenvalue weighted by Gasteiger charge is -2.38. The van der Waals surface area contributed by atoms with Crippen LogP contribution in [-0.4, -0.2) is 23.3 Å². The van der Waals surface area contributed by atoms with Crippen molar-refractivity contribution in [1.82, 2.24) is 4.98 Å². The van der Waals surface area contributed by atoms with Gasteiger partial charge >= 0.3 is 0 Å². The summed E-state index contributed by atoms with van der Waals surface area (Å²) in [4.78, 5) is 4.22. The average molecular weight is 251 g/mol. The lowest BCUT2D eigenvalue weighted by Crippen LogP contribution is -2.47. The molecule has 0 aliphatic carbocycles. The van der Waals surface area contributed by atoms with E-state index >= 15 is 0 Å². The summed E-state index contributed by atoms with van der Waals surface area (Å²) in [6.07, 6.45) is 1.56. The topological polar surface area (TPSA) is 68.4 Å². The smallest absolute Gasteiger partial charge is 0.139 e. The van der Waals surface area contributed by atoms with Gasteiger partial charge in [0.05, 0.1) is 30.6 Å². The second kappa shape index (κ2) is 3.57. The van der Waals surface area contributed by atoms with Crippen LogP contribution in [0.4, 0.5) is 5.69 Å². The molecule has 2 heterocycles. The Balaban J connectivity index is 2.34. The average Bonchev–Trinajstić information content (AvgIpc) is 2.26. The Hall–Kier alpha value is -1.36. The summed E-state index contributed by atoms with van der Waals surface area (Å²) in [5, 5.41) is 11.7. The van der Waals surface area contributed by atoms with Crippen molar-refractivity contribution in [2.45, 2.75) is 5.60 Å². The van der Waals surface area contributed by atoms with E-state index in [1.165, 1.54) is 0 Å². The molecular weight excluding hydrogens is 240 g/mol. The summed E-state index contributed by atoms with van der Waals surface area (Å²) in [6.45, 7) is 0.506. The summed E-state index contributed by atoms with van der Waals surface area (Å²) < 4.78 is 5.07. The number of benzene rings is 1. The Kier molecular flexibility index (Phi) is 2.26. The van der Waals surface area contributed by atoms with Crippen molar-refractivity contribution >= 4 is 28.2 Å². The lowest BCUT2D eigenvalue weighted by molar-refractivity contribution is -0.183. The summed E-state index contributed by atoms with van der Waals surface area (Å²) >= 11 is 5.97. The zero-order valence-electron chi connectivity index (χ0n) is 8.98. The van der Waals surface area contributed by atoms with E-state index in [-0.39, 0.29) is 13.2 Å². The number of nitrogen functional groups attached to an aromatic ring is 1. The molecular formula is C12H11ClN2O2. The fraction of sp³-hybridized carbons (Fsp3) is 0.250. The minimum atomic E-state index is -1.02. The molecule has 1 aromatic carbocycles. The van der Waals surface area contributed by atoms with Gasteiger partial charge in [-0.3, -0.25) is 4.98 Å². The highest BCUT2D eigenvalue weighted by Crippen LogP contribution is 2.38. The van der Waals surface area contributed by atoms with Crippen LogP contribution in [0.5, 0.6) is 0 Å². The van der Waals surface area contributed by atoms with Gasteiger partial charge in [-0.2, -0.15) is 0 Å². The molecule has 3 N–H and O–H groups in total. The van der Waals surface area contributed by atoms with E-state index in [1.54, 1.807) is 18.3 Å². The van der Waals surface area contributed by atoms with Gasteiger partial charge in [-0.25, -0.2) is 0 Å². The van der Waals surface area contributed by atoms with Crippen LogP contribution in [0.3, 0.4) is 0 Å². The van der Waals surface area contributed by atoms with E-state index in [2.05, 4.69) is 4.98 Å². The van der Waals surface area contributed by atoms with Crippen molar-refractivity contribution in [3.05, 3.63) is 35.0 Å². The summed E-state index contributed by atoms with van der Waals surface area (Å²) in [5.74, 6) is 0. The van der Waals surface area contributed by atoms with Gasteiger partial charge in [-0.15, -0.1) is 0 Å². The van der Waals surface area contributed by atoms with Gasteiger partial charge in [-0.05, 0) is 18.2 Å². The first-order valence-electron chi connectivity index (χ1n) is 5.24. The Morgan fingerprint density at radius 3 is 2.82 bits per heavy atom. The van der Waals surface area contributed by atoms with Crippen LogP contribution < -0.4 is 5.73 Å². The minimum Gasteiger partial charge on any atom is -0.397 e. The Labute approximate surface area is 103 Å². The number of halogens is 1. The quantitative estimate of drug-likeness (QED) is 0.808. The van der Waals surface area contributed by atoms with Crippen LogP contribution in [-0.2, 0) is 10.3 Å². The molecule has 0 radical (unpaired) electrons. The van der Waals surface area contributed by atoms with E-state index < -0.39 is 5.60 Å². The van der Waals surface area contributed by atoms with E-state index in [0.717, 1.165) is 10.9 Å². The maximum absolute atomic E-state index is 10.4. The number of rotatable bonds is 1. The number of nitrogens with two attached hydrogens (primary N) is 1. The summed E-state index contributed by atoms with van der Waals surface area (Å²) in [7, 11) is 0. The predicted molar refractivity (Wildman–Crippen MR) is 65.9 cm³/mol. The lowest BCUT2D eigenvalue weighted by atomic mass is 9.88. The maximum atomic E-state index is 10.4. The molecule has 0 bridgehead atoms. The number of pyridine rings is 1. The molecule has 3 rings (SSSR count). The number of anilines is 1. The molecule has 1 fully saturated rings. The first kappa shape index (κ1) is 10.8. The highest BCUT2D eigenvalue weighted by Gasteiger charge is 2.40. The SMILES string of the molecule is Nc1cnc2ccc(Cl)cc2c1C1(O)COC1. The van der Waals surface area contributed by atoms with E-state index in [1.807, 2.05) is 6.07 Å². The molecule has 4 nitrogen and oxygen atoms in total. The molecule has 0 saturated carbocycles. The molecule has 0 unspecified atom stereocenters. The monoisotopic (exact) mass is 250 g/mol. The molecule has 0 spiro atoms. The van der Waals surface area contributed by atoms with Crippen molar-refractivity contribution < 1.29 is 9.84 Å². The molecule has 1 aromatic heterocycles. The Bertz CT molecular complexity index is 591. The van der Waals surface area contributed by atoms with Crippen molar-refractivity contribution in [2.24, 2.45) is 0 Å². The number of fused-ring (bicyclic) bond motifs is 1. The summed E-state index contributed by atoms with van der Waals surface area (Å²) in [5.41, 5.74) is 6.78. The van der Waals surface area contributed by atoms with E-state index in [4.69, 9.17) is 22.1 Å². The number of ether oxygens (including phenoxy) is 1. The molecule has 1 saturated heterocycles. The predicted octanol–water partition coefficient (Wildman–Crippen LogP) is 1.69. The fourth-order valence-corrected chi connectivity index (χ4v) is 2.31. The number of hydrogen-bond acceptors (Lipinski definition) is 4. The zero-order chi connectivity index (χ0) is 12.0. The van der Waals surface area contributed by atoms with Gasteiger partial charge < -0.3 is 15.6 Å². The van der Waals surface area contributed by atoms with Gasteiger partial charge in [0, 0.05) is 16.0 Å². The van der Waals surface area contributed by atoms with Crippen LogP contribution in [0.1, 0.15) is 5.56 Å². The first-order chi connectivity index (χ1) is 8.10. The van der Waals surface area contributed by atoms with Gasteiger partial charge in [0.2, 0.25) is 0 Å². The van der Waals surface area contributed by atoms with Crippen LogP contribution >= 0.6 is 11.6 Å². The molecule has 88 valence electrons. The zero-order valence-corrected chi connectivity index (χ0v) is 9.74. The maximum Gasteiger partial charge on any atom is 0.139 e. The second-order valence-electron chi connectivity index (χ2n) is 4.27. The molecule has 5 heteroatoms. The van der Waals surface area contributed by atoms with E-state index in [0.29, 0.717) is 16.3 Å². The first-order valence-corrected chi connectivity index (χ1v) is 5.62. The third kappa shape index (κ3) is 1.57. The standard InChI is InChI=1S/C12H11ClN2O2/c13-7-1-2-10-8(3-7)11(9(14)4-15-10)12(16)5-17-6-12/h1-4,16H,5-6,14H2. The molecule has 2 aromatic rings. The fourth-order valence-electron chi connectivity index (χ4n) is 2.14. The summed E-state index contributed by atoms with van der Waals surface area (Å²) in [6, 6.07) is 5.34. The minimum absolute atomic E-state index is 0.253. The van der Waals surface area contributed by atoms with Crippen molar-refractivity contribution in [2.75, 3.05) is 18.9 Å². The van der Waals surface area contributed by atoms with Gasteiger partial charge in [0.25, 0.3) is 0 Å². The van der Waals surface area contributed by atoms with Crippen LogP contribution in [0.25, 0.3) is 10.9 Å². The highest BCUT2D eigenvalue weighted by molar-refractivity contribution is 6.31. The van der Waals surface area contributed by atoms with Crippen molar-refractivity contribution in [3.8, 4) is 0 Å². The number of nitrogens with zero attached hydrogens (tertiary/aromatic N) is 1. The molecule has 1 aliphatic rings. The van der Waals surface area contributed by atoms with Gasteiger partial charge in [-0.1, -0.05) is 11.6 Å². The van der Waals surface area contributed by atoms with E-state index in [9.17, 15) is 5.11 Å². The number of aromatic nitrogens is 1. The molecule has 1 aliphatic heterocycles. The Morgan fingerprint density at radius 2 is 2.18 bits per heavy atom. The third-order valence-corrected chi connectivity index (χ3v) is 3.24. The largest absolute Gasteiger partial charge is 0.397 e. The second-order valence-corrected chi connectivity index (χ2v) is 4.71. The Morgan fingerprint density at radius 1 is 1.41 bits per heavy atom. The van der Waals surface area contributed by atoms with Crippen LogP contribution in [0.15, 0.2) is 24.4 Å². The number of aliphatic hydroxyl groups is 1. The van der Waals surface area contributed by atoms with Crippen LogP contribution in [0.2, 0.25) is 5.02 Å². The van der Waals surface area contributed by atoms with Gasteiger partial charge in [0.15, 0.2) is 0 Å². The van der Waals surface area contributed by atoms with Crippen molar-refractivity contribution in [1.29, 1.82) is 0 Å². The number of hydrogen-bond donors (Lipinski definition) is 2.